The van der Waals surface area contributed by atoms with Gasteiger partial charge in [0.2, 0.25) is 11.8 Å². The van der Waals surface area contributed by atoms with E-state index in [1.165, 1.54) is 12.1 Å². The molecule has 0 spiro atoms. The van der Waals surface area contributed by atoms with Gasteiger partial charge in [0, 0.05) is 6.20 Å². The second kappa shape index (κ2) is 6.99. The van der Waals surface area contributed by atoms with E-state index in [9.17, 15) is 9.18 Å². The lowest BCUT2D eigenvalue weighted by atomic mass is 10.1. The predicted octanol–water partition coefficient (Wildman–Crippen LogP) is 2.69. The number of nitrogens with one attached hydrogen (secondary N) is 1. The molecule has 7 heteroatoms. The van der Waals surface area contributed by atoms with Gasteiger partial charge >= 0.3 is 0 Å². The fraction of sp³-hybridized carbons (Fsp3) is 0.176. The van der Waals surface area contributed by atoms with Crippen molar-refractivity contribution in [3.63, 3.8) is 0 Å². The van der Waals surface area contributed by atoms with Crippen LogP contribution in [0.5, 0.6) is 0 Å². The van der Waals surface area contributed by atoms with Crippen LogP contribution in [-0.2, 0) is 11.2 Å². The van der Waals surface area contributed by atoms with E-state index in [1.807, 2.05) is 13.0 Å². The molecule has 1 N–H and O–H groups in total. The summed E-state index contributed by atoms with van der Waals surface area (Å²) >= 11 is 0. The molecule has 0 radical (unpaired) electrons. The van der Waals surface area contributed by atoms with Gasteiger partial charge in [0.1, 0.15) is 17.9 Å². The van der Waals surface area contributed by atoms with Crippen molar-refractivity contribution in [1.29, 1.82) is 0 Å². The minimum Gasteiger partial charge on any atom is -0.419 e. The summed E-state index contributed by atoms with van der Waals surface area (Å²) in [5, 5.41) is 10.6. The zero-order valence-electron chi connectivity index (χ0n) is 12.9. The molecule has 2 heterocycles. The van der Waals surface area contributed by atoms with Crippen LogP contribution >= 0.6 is 0 Å². The fourth-order valence-electron chi connectivity index (χ4n) is 2.18. The Hall–Kier alpha value is -3.09. The van der Waals surface area contributed by atoms with Crippen LogP contribution in [0.3, 0.4) is 0 Å². The number of carbonyl (C=O) groups is 1. The van der Waals surface area contributed by atoms with Crippen LogP contribution in [0.25, 0.3) is 11.6 Å². The first-order valence-corrected chi connectivity index (χ1v) is 7.40. The van der Waals surface area contributed by atoms with Crippen molar-refractivity contribution in [2.24, 2.45) is 0 Å². The van der Waals surface area contributed by atoms with Gasteiger partial charge in [0.25, 0.3) is 5.89 Å². The smallest absolute Gasteiger partial charge is 0.266 e. The summed E-state index contributed by atoms with van der Waals surface area (Å²) in [4.78, 5) is 16.2. The fourth-order valence-corrected chi connectivity index (χ4v) is 2.18. The molecule has 1 amide bonds. The van der Waals surface area contributed by atoms with Crippen LogP contribution in [0, 0.1) is 5.82 Å². The topological polar surface area (TPSA) is 80.9 Å². The predicted molar refractivity (Wildman–Crippen MR) is 84.2 cm³/mol. The number of hydrogen-bond acceptors (Lipinski definition) is 5. The van der Waals surface area contributed by atoms with Gasteiger partial charge in [-0.15, -0.1) is 10.2 Å². The number of rotatable bonds is 5. The maximum Gasteiger partial charge on any atom is 0.266 e. The van der Waals surface area contributed by atoms with Crippen LogP contribution in [0.4, 0.5) is 4.39 Å². The minimum atomic E-state index is -0.315. The van der Waals surface area contributed by atoms with Crippen molar-refractivity contribution >= 4 is 5.91 Å². The Labute approximate surface area is 137 Å². The highest BCUT2D eigenvalue weighted by atomic mass is 19.1. The molecule has 1 aromatic carbocycles. The molecule has 122 valence electrons. The monoisotopic (exact) mass is 326 g/mol. The molecule has 3 rings (SSSR count). The summed E-state index contributed by atoms with van der Waals surface area (Å²) in [6, 6.07) is 11.1. The summed E-state index contributed by atoms with van der Waals surface area (Å²) in [6.07, 6.45) is 1.58. The molecule has 0 saturated heterocycles. The largest absolute Gasteiger partial charge is 0.419 e. The molecule has 24 heavy (non-hydrogen) atoms. The molecule has 2 aromatic heterocycles. The zero-order chi connectivity index (χ0) is 16.9. The van der Waals surface area contributed by atoms with Gasteiger partial charge in [0.05, 0.1) is 6.04 Å². The lowest BCUT2D eigenvalue weighted by Gasteiger charge is -2.13. The van der Waals surface area contributed by atoms with Crippen molar-refractivity contribution < 1.29 is 13.6 Å². The Morgan fingerprint density at radius 2 is 2.00 bits per heavy atom. The van der Waals surface area contributed by atoms with E-state index in [2.05, 4.69) is 20.5 Å². The van der Waals surface area contributed by atoms with Crippen LogP contribution in [0.1, 0.15) is 24.4 Å². The first kappa shape index (κ1) is 15.8. The summed E-state index contributed by atoms with van der Waals surface area (Å²) < 4.78 is 18.4. The van der Waals surface area contributed by atoms with Gasteiger partial charge in [-0.3, -0.25) is 9.78 Å². The van der Waals surface area contributed by atoms with Gasteiger partial charge in [-0.1, -0.05) is 18.2 Å². The van der Waals surface area contributed by atoms with Gasteiger partial charge in [-0.25, -0.2) is 4.39 Å². The van der Waals surface area contributed by atoms with Gasteiger partial charge in [0.15, 0.2) is 0 Å². The van der Waals surface area contributed by atoms with E-state index in [0.29, 0.717) is 5.69 Å². The highest BCUT2D eigenvalue weighted by Gasteiger charge is 2.15. The van der Waals surface area contributed by atoms with Crippen molar-refractivity contribution in [2.45, 2.75) is 19.4 Å². The Kier molecular flexibility index (Phi) is 4.60. The second-order valence-electron chi connectivity index (χ2n) is 5.23. The van der Waals surface area contributed by atoms with Crippen molar-refractivity contribution in [3.8, 4) is 11.6 Å². The highest BCUT2D eigenvalue weighted by molar-refractivity contribution is 5.78. The molecular formula is C17H15FN4O2. The molecule has 0 aliphatic heterocycles. The number of aromatic nitrogens is 3. The SMILES string of the molecule is C[C@@H](NC(=O)Cc1nnc(-c2ccccn2)o1)c1ccc(F)cc1. The molecule has 0 aliphatic rings. The lowest BCUT2D eigenvalue weighted by molar-refractivity contribution is -0.121. The summed E-state index contributed by atoms with van der Waals surface area (Å²) in [7, 11) is 0. The van der Waals surface area contributed by atoms with Gasteiger partial charge in [-0.05, 0) is 36.8 Å². The third kappa shape index (κ3) is 3.81. The highest BCUT2D eigenvalue weighted by Crippen LogP contribution is 2.16. The van der Waals surface area contributed by atoms with Crippen LogP contribution in [0.15, 0.2) is 53.1 Å². The molecule has 0 fully saturated rings. The summed E-state index contributed by atoms with van der Waals surface area (Å²) in [5.41, 5.74) is 1.36. The van der Waals surface area contributed by atoms with Gasteiger partial charge in [-0.2, -0.15) is 0 Å². The van der Waals surface area contributed by atoms with Crippen LogP contribution in [-0.4, -0.2) is 21.1 Å². The number of halogens is 1. The molecular weight excluding hydrogens is 311 g/mol. The van der Waals surface area contributed by atoms with E-state index >= 15 is 0 Å². The Bertz CT molecular complexity index is 818. The molecule has 0 saturated carbocycles. The number of benzene rings is 1. The molecule has 3 aromatic rings. The maximum atomic E-state index is 12.9. The minimum absolute atomic E-state index is 0.0363. The maximum absolute atomic E-state index is 12.9. The lowest BCUT2D eigenvalue weighted by Crippen LogP contribution is -2.28. The molecule has 0 unspecified atom stereocenters. The Morgan fingerprint density at radius 3 is 2.71 bits per heavy atom. The van der Waals surface area contributed by atoms with E-state index in [1.54, 1.807) is 30.5 Å². The number of amides is 1. The third-order valence-corrected chi connectivity index (χ3v) is 3.41. The number of nitrogens with zero attached hydrogens (tertiary/aromatic N) is 3. The third-order valence-electron chi connectivity index (χ3n) is 3.41. The van der Waals surface area contributed by atoms with E-state index in [0.717, 1.165) is 5.56 Å². The standard InChI is InChI=1S/C17H15FN4O2/c1-11(12-5-7-13(18)8-6-12)20-15(23)10-16-21-22-17(24-16)14-4-2-3-9-19-14/h2-9,11H,10H2,1H3,(H,20,23)/t11-/m1/s1. The molecule has 6 nitrogen and oxygen atoms in total. The average molecular weight is 326 g/mol. The quantitative estimate of drug-likeness (QED) is 0.779. The Balaban J connectivity index is 1.61. The van der Waals surface area contributed by atoms with Crippen LogP contribution < -0.4 is 5.32 Å². The number of hydrogen-bond donors (Lipinski definition) is 1. The normalized spacial score (nSPS) is 11.9. The van der Waals surface area contributed by atoms with Gasteiger partial charge < -0.3 is 9.73 Å². The second-order valence-corrected chi connectivity index (χ2v) is 5.23. The van der Waals surface area contributed by atoms with E-state index in [4.69, 9.17) is 4.42 Å². The van der Waals surface area contributed by atoms with E-state index in [-0.39, 0.29) is 36.0 Å². The first-order chi connectivity index (χ1) is 11.6. The molecule has 0 aliphatic carbocycles. The number of carbonyl (C=O) groups excluding carboxylic acids is 1. The molecule has 0 bridgehead atoms. The van der Waals surface area contributed by atoms with Crippen molar-refractivity contribution in [2.75, 3.05) is 0 Å². The van der Waals surface area contributed by atoms with E-state index < -0.39 is 0 Å². The van der Waals surface area contributed by atoms with Crippen molar-refractivity contribution in [1.82, 2.24) is 20.5 Å². The molecule has 1 atom stereocenters. The average Bonchev–Trinajstić information content (AvgIpc) is 3.04. The van der Waals surface area contributed by atoms with Crippen molar-refractivity contribution in [3.05, 3.63) is 65.9 Å². The number of pyridine rings is 1. The summed E-state index contributed by atoms with van der Waals surface area (Å²) in [5.74, 6) is -0.0994. The Morgan fingerprint density at radius 1 is 1.21 bits per heavy atom. The van der Waals surface area contributed by atoms with Crippen LogP contribution in [0.2, 0.25) is 0 Å². The zero-order valence-corrected chi connectivity index (χ0v) is 12.9. The first-order valence-electron chi connectivity index (χ1n) is 7.40. The summed E-state index contributed by atoms with van der Waals surface area (Å²) in [6.45, 7) is 1.82.